The van der Waals surface area contributed by atoms with Crippen LogP contribution in [0.3, 0.4) is 0 Å². The van der Waals surface area contributed by atoms with E-state index in [1.54, 1.807) is 0 Å². The minimum atomic E-state index is 0.354. The van der Waals surface area contributed by atoms with E-state index in [9.17, 15) is 4.39 Å². The Morgan fingerprint density at radius 3 is 3.15 bits per heavy atom. The minimum Gasteiger partial charge on any atom is -0.293 e. The first-order valence-electron chi connectivity index (χ1n) is 5.34. The third-order valence-electron chi connectivity index (χ3n) is 3.56. The van der Waals surface area contributed by atoms with Crippen LogP contribution < -0.4 is 0 Å². The van der Waals surface area contributed by atoms with Crippen LogP contribution in [0.1, 0.15) is 39.0 Å². The fourth-order valence-corrected chi connectivity index (χ4v) is 3.07. The van der Waals surface area contributed by atoms with Crippen molar-refractivity contribution in [2.45, 2.75) is 44.6 Å². The Bertz CT molecular complexity index is 224. The summed E-state index contributed by atoms with van der Waals surface area (Å²) in [6, 6.07) is 0. The molecule has 1 unspecified atom stereocenters. The molecule has 2 fully saturated rings. The molecule has 0 aromatic rings. The van der Waals surface area contributed by atoms with E-state index in [0.29, 0.717) is 5.54 Å². The van der Waals surface area contributed by atoms with Crippen molar-refractivity contribution in [3.63, 3.8) is 0 Å². The van der Waals surface area contributed by atoms with E-state index in [4.69, 9.17) is 0 Å². The van der Waals surface area contributed by atoms with Crippen LogP contribution in [-0.2, 0) is 0 Å². The predicted octanol–water partition coefficient (Wildman–Crippen LogP) is 2.88. The lowest BCUT2D eigenvalue weighted by molar-refractivity contribution is 0.181. The van der Waals surface area contributed by atoms with Crippen LogP contribution in [0.5, 0.6) is 0 Å². The zero-order chi connectivity index (χ0) is 9.31. The van der Waals surface area contributed by atoms with Crippen molar-refractivity contribution in [3.05, 3.63) is 11.9 Å². The molecule has 0 aromatic carbocycles. The molecule has 0 saturated carbocycles. The maximum absolute atomic E-state index is 12.4. The molecular formula is C11H18FN. The summed E-state index contributed by atoms with van der Waals surface area (Å²) in [5.41, 5.74) is 1.36. The highest BCUT2D eigenvalue weighted by Gasteiger charge is 2.45. The first kappa shape index (κ1) is 9.20. The van der Waals surface area contributed by atoms with Gasteiger partial charge in [-0.3, -0.25) is 4.90 Å². The second kappa shape index (κ2) is 3.41. The molecule has 0 aromatic heterocycles. The summed E-state index contributed by atoms with van der Waals surface area (Å²) >= 11 is 0. The SMILES string of the molecule is CCCC12CCCN1C/C(=C\F)C2. The van der Waals surface area contributed by atoms with Crippen molar-refractivity contribution in [2.75, 3.05) is 13.1 Å². The molecule has 13 heavy (non-hydrogen) atoms. The first-order valence-corrected chi connectivity index (χ1v) is 5.34. The van der Waals surface area contributed by atoms with Gasteiger partial charge in [-0.15, -0.1) is 0 Å². The Labute approximate surface area is 79.6 Å². The topological polar surface area (TPSA) is 3.24 Å². The molecule has 2 saturated heterocycles. The molecule has 0 spiro atoms. The molecule has 0 aliphatic carbocycles. The third-order valence-corrected chi connectivity index (χ3v) is 3.56. The van der Waals surface area contributed by atoms with Crippen molar-refractivity contribution >= 4 is 0 Å². The second-order valence-electron chi connectivity index (χ2n) is 4.44. The summed E-state index contributed by atoms with van der Waals surface area (Å²) in [5, 5.41) is 0. The lowest BCUT2D eigenvalue weighted by atomic mass is 9.88. The van der Waals surface area contributed by atoms with Crippen LogP contribution in [0.25, 0.3) is 0 Å². The van der Waals surface area contributed by atoms with E-state index in [1.807, 2.05) is 0 Å². The molecule has 2 aliphatic heterocycles. The van der Waals surface area contributed by atoms with Gasteiger partial charge in [0.1, 0.15) is 0 Å². The molecular weight excluding hydrogens is 165 g/mol. The van der Waals surface area contributed by atoms with Crippen LogP contribution in [0.2, 0.25) is 0 Å². The Morgan fingerprint density at radius 1 is 1.62 bits per heavy atom. The summed E-state index contributed by atoms with van der Waals surface area (Å²) in [6.45, 7) is 4.29. The van der Waals surface area contributed by atoms with Crippen molar-refractivity contribution in [1.82, 2.24) is 4.90 Å². The number of fused-ring (bicyclic) bond motifs is 1. The molecule has 2 heteroatoms. The van der Waals surface area contributed by atoms with E-state index in [-0.39, 0.29) is 0 Å². The highest BCUT2D eigenvalue weighted by Crippen LogP contribution is 2.44. The van der Waals surface area contributed by atoms with Gasteiger partial charge < -0.3 is 0 Å². The number of hydrogen-bond donors (Lipinski definition) is 0. The highest BCUT2D eigenvalue weighted by molar-refractivity contribution is 5.18. The average molecular weight is 183 g/mol. The average Bonchev–Trinajstić information content (AvgIpc) is 2.60. The van der Waals surface area contributed by atoms with Gasteiger partial charge in [0, 0.05) is 12.1 Å². The van der Waals surface area contributed by atoms with E-state index in [1.165, 1.54) is 32.2 Å². The monoisotopic (exact) mass is 183 g/mol. The van der Waals surface area contributed by atoms with E-state index in [0.717, 1.165) is 24.9 Å². The lowest BCUT2D eigenvalue weighted by Gasteiger charge is -2.31. The fourth-order valence-electron chi connectivity index (χ4n) is 3.07. The van der Waals surface area contributed by atoms with Gasteiger partial charge in [-0.05, 0) is 37.8 Å². The van der Waals surface area contributed by atoms with Crippen molar-refractivity contribution in [3.8, 4) is 0 Å². The van der Waals surface area contributed by atoms with Gasteiger partial charge in [-0.2, -0.15) is 0 Å². The fraction of sp³-hybridized carbons (Fsp3) is 0.818. The van der Waals surface area contributed by atoms with Gasteiger partial charge in [-0.1, -0.05) is 13.3 Å². The number of rotatable bonds is 2. The van der Waals surface area contributed by atoms with Crippen LogP contribution in [-0.4, -0.2) is 23.5 Å². The standard InChI is InChI=1S/C11H18FN/c1-2-4-11-5-3-6-13(11)9-10(7-11)8-12/h8H,2-7,9H2,1H3/b10-8-. The van der Waals surface area contributed by atoms with Gasteiger partial charge in [0.25, 0.3) is 0 Å². The Kier molecular flexibility index (Phi) is 2.41. The molecule has 2 rings (SSSR count). The zero-order valence-corrected chi connectivity index (χ0v) is 8.35. The van der Waals surface area contributed by atoms with Crippen LogP contribution in [0.4, 0.5) is 4.39 Å². The molecule has 0 bridgehead atoms. The number of hydrogen-bond acceptors (Lipinski definition) is 1. The van der Waals surface area contributed by atoms with Crippen molar-refractivity contribution in [2.24, 2.45) is 0 Å². The maximum Gasteiger partial charge on any atom is 0.0872 e. The quantitative estimate of drug-likeness (QED) is 0.636. The van der Waals surface area contributed by atoms with Crippen LogP contribution >= 0.6 is 0 Å². The smallest absolute Gasteiger partial charge is 0.0872 e. The van der Waals surface area contributed by atoms with Gasteiger partial charge in [0.15, 0.2) is 0 Å². The molecule has 0 N–H and O–H groups in total. The minimum absolute atomic E-state index is 0.354. The Hall–Kier alpha value is -0.370. The van der Waals surface area contributed by atoms with Crippen molar-refractivity contribution < 1.29 is 4.39 Å². The summed E-state index contributed by atoms with van der Waals surface area (Å²) in [4.78, 5) is 2.49. The predicted molar refractivity (Wildman–Crippen MR) is 52.3 cm³/mol. The molecule has 1 atom stereocenters. The summed E-state index contributed by atoms with van der Waals surface area (Å²) < 4.78 is 12.4. The van der Waals surface area contributed by atoms with E-state index in [2.05, 4.69) is 11.8 Å². The van der Waals surface area contributed by atoms with Crippen LogP contribution in [0, 0.1) is 0 Å². The lowest BCUT2D eigenvalue weighted by Crippen LogP contribution is -2.37. The number of halogens is 1. The van der Waals surface area contributed by atoms with Crippen molar-refractivity contribution in [1.29, 1.82) is 0 Å². The highest BCUT2D eigenvalue weighted by atomic mass is 19.1. The molecule has 74 valence electrons. The molecule has 1 nitrogen and oxygen atoms in total. The van der Waals surface area contributed by atoms with E-state index < -0.39 is 0 Å². The van der Waals surface area contributed by atoms with Gasteiger partial charge >= 0.3 is 0 Å². The summed E-state index contributed by atoms with van der Waals surface area (Å²) in [7, 11) is 0. The van der Waals surface area contributed by atoms with Gasteiger partial charge in [0.2, 0.25) is 0 Å². The van der Waals surface area contributed by atoms with E-state index >= 15 is 0 Å². The summed E-state index contributed by atoms with van der Waals surface area (Å²) in [5.74, 6) is 0. The normalized spacial score (nSPS) is 37.2. The molecule has 0 radical (unpaired) electrons. The zero-order valence-electron chi connectivity index (χ0n) is 8.35. The maximum atomic E-state index is 12.4. The van der Waals surface area contributed by atoms with Crippen LogP contribution in [0.15, 0.2) is 11.9 Å². The third kappa shape index (κ3) is 1.41. The Balaban J connectivity index is 2.14. The second-order valence-corrected chi connectivity index (χ2v) is 4.44. The molecule has 2 heterocycles. The van der Waals surface area contributed by atoms with Gasteiger partial charge in [0.05, 0.1) is 6.33 Å². The van der Waals surface area contributed by atoms with Gasteiger partial charge in [-0.25, -0.2) is 4.39 Å². The Morgan fingerprint density at radius 2 is 2.46 bits per heavy atom. The summed E-state index contributed by atoms with van der Waals surface area (Å²) in [6.07, 6.45) is 6.85. The molecule has 0 amide bonds. The first-order chi connectivity index (χ1) is 6.30. The number of nitrogens with zero attached hydrogens (tertiary/aromatic N) is 1. The molecule has 2 aliphatic rings. The largest absolute Gasteiger partial charge is 0.293 e.